The highest BCUT2D eigenvalue weighted by Gasteiger charge is 2.39. The van der Waals surface area contributed by atoms with Gasteiger partial charge in [0.1, 0.15) is 4.75 Å². The maximum Gasteiger partial charge on any atom is 0.305 e. The molecule has 1 atom stereocenters. The minimum atomic E-state index is -3.44. The van der Waals surface area contributed by atoms with E-state index in [9.17, 15) is 13.2 Å². The molecule has 0 aliphatic heterocycles. The molecule has 1 aromatic heterocycles. The lowest BCUT2D eigenvalue weighted by molar-refractivity contribution is -0.138. The third-order valence-electron chi connectivity index (χ3n) is 3.34. The number of carboxylic acids is 1. The first kappa shape index (κ1) is 16.5. The van der Waals surface area contributed by atoms with E-state index in [1.165, 1.54) is 18.5 Å². The second-order valence-electron chi connectivity index (χ2n) is 5.27. The van der Waals surface area contributed by atoms with Crippen molar-refractivity contribution in [2.75, 3.05) is 6.26 Å². The number of nitrogens with zero attached hydrogens (tertiary/aromatic N) is 4. The quantitative estimate of drug-likeness (QED) is 0.791. The van der Waals surface area contributed by atoms with Gasteiger partial charge < -0.3 is 5.11 Å². The van der Waals surface area contributed by atoms with Gasteiger partial charge in [-0.1, -0.05) is 13.3 Å². The lowest BCUT2D eigenvalue weighted by Gasteiger charge is -2.24. The van der Waals surface area contributed by atoms with Crippen molar-refractivity contribution in [3.05, 3.63) is 5.82 Å². The zero-order valence-electron chi connectivity index (χ0n) is 12.1. The molecule has 1 unspecified atom stereocenters. The van der Waals surface area contributed by atoms with Crippen LogP contribution in [0, 0.1) is 0 Å². The highest BCUT2D eigenvalue weighted by molar-refractivity contribution is 7.91. The number of hydrogen-bond donors (Lipinski definition) is 1. The molecule has 1 rings (SSSR count). The van der Waals surface area contributed by atoms with E-state index >= 15 is 0 Å². The van der Waals surface area contributed by atoms with Gasteiger partial charge in [0.15, 0.2) is 15.7 Å². The molecule has 0 amide bonds. The standard InChI is InChI=1S/C11H20N4O4S/c1-5-6-8(7-9(16)17)15-10(12-13-14-15)11(2,3)20(4,18)19/h8H,5-7H2,1-4H3,(H,16,17). The summed E-state index contributed by atoms with van der Waals surface area (Å²) in [5.41, 5.74) is 0. The molecule has 1 aromatic rings. The average Bonchev–Trinajstić information content (AvgIpc) is 2.75. The minimum absolute atomic E-state index is 0.147. The van der Waals surface area contributed by atoms with Crippen molar-refractivity contribution in [2.24, 2.45) is 0 Å². The summed E-state index contributed by atoms with van der Waals surface area (Å²) in [6, 6.07) is -0.455. The Hall–Kier alpha value is -1.51. The van der Waals surface area contributed by atoms with Crippen molar-refractivity contribution in [2.45, 2.75) is 50.8 Å². The van der Waals surface area contributed by atoms with E-state index in [-0.39, 0.29) is 12.2 Å². The Morgan fingerprint density at radius 3 is 2.50 bits per heavy atom. The Morgan fingerprint density at radius 1 is 1.45 bits per heavy atom. The van der Waals surface area contributed by atoms with Crippen LogP contribution in [0.1, 0.15) is 51.9 Å². The summed E-state index contributed by atoms with van der Waals surface area (Å²) in [5, 5.41) is 20.1. The highest BCUT2D eigenvalue weighted by Crippen LogP contribution is 2.30. The van der Waals surface area contributed by atoms with Crippen LogP contribution in [-0.2, 0) is 19.4 Å². The van der Waals surface area contributed by atoms with Crippen LogP contribution in [0.5, 0.6) is 0 Å². The molecule has 0 aliphatic rings. The molecule has 9 heteroatoms. The summed E-state index contributed by atoms with van der Waals surface area (Å²) in [5.74, 6) is -0.804. The molecule has 114 valence electrons. The predicted molar refractivity (Wildman–Crippen MR) is 71.9 cm³/mol. The van der Waals surface area contributed by atoms with Crippen LogP contribution >= 0.6 is 0 Å². The van der Waals surface area contributed by atoms with Gasteiger partial charge >= 0.3 is 5.97 Å². The van der Waals surface area contributed by atoms with Gasteiger partial charge in [-0.05, 0) is 30.7 Å². The third kappa shape index (κ3) is 3.33. The number of carbonyl (C=O) groups is 1. The Kier molecular flexibility index (Phi) is 4.85. The minimum Gasteiger partial charge on any atom is -0.481 e. The molecule has 0 aliphatic carbocycles. The number of carboxylic acid groups (broad SMARTS) is 1. The lowest BCUT2D eigenvalue weighted by atomic mass is 10.1. The normalized spacial score (nSPS) is 14.2. The SMILES string of the molecule is CCCC(CC(=O)O)n1nnnc1C(C)(C)S(C)(=O)=O. The number of sulfone groups is 1. The van der Waals surface area contributed by atoms with Crippen molar-refractivity contribution in [1.29, 1.82) is 0 Å². The summed E-state index contributed by atoms with van der Waals surface area (Å²) in [4.78, 5) is 10.9. The fraction of sp³-hybridized carbons (Fsp3) is 0.818. The predicted octanol–water partition coefficient (Wildman–Crippen LogP) is 0.769. The van der Waals surface area contributed by atoms with E-state index in [4.69, 9.17) is 5.11 Å². The summed E-state index contributed by atoms with van der Waals surface area (Å²) in [7, 11) is -3.44. The van der Waals surface area contributed by atoms with Crippen molar-refractivity contribution in [3.8, 4) is 0 Å². The first-order valence-corrected chi connectivity index (χ1v) is 8.20. The van der Waals surface area contributed by atoms with Gasteiger partial charge in [-0.2, -0.15) is 0 Å². The van der Waals surface area contributed by atoms with Crippen LogP contribution in [0.3, 0.4) is 0 Å². The number of aromatic nitrogens is 4. The fourth-order valence-corrected chi connectivity index (χ4v) is 2.31. The maximum atomic E-state index is 11.9. The molecular weight excluding hydrogens is 284 g/mol. The Morgan fingerprint density at radius 2 is 2.05 bits per heavy atom. The molecule has 0 saturated heterocycles. The summed E-state index contributed by atoms with van der Waals surface area (Å²) >= 11 is 0. The Balaban J connectivity index is 3.27. The van der Waals surface area contributed by atoms with Crippen LogP contribution in [0.2, 0.25) is 0 Å². The van der Waals surface area contributed by atoms with E-state index in [0.29, 0.717) is 6.42 Å². The van der Waals surface area contributed by atoms with Gasteiger partial charge in [0, 0.05) is 6.26 Å². The number of aliphatic carboxylic acids is 1. The first-order chi connectivity index (χ1) is 9.11. The highest BCUT2D eigenvalue weighted by atomic mass is 32.2. The molecule has 0 bridgehead atoms. The van der Waals surface area contributed by atoms with Crippen molar-refractivity contribution >= 4 is 15.8 Å². The van der Waals surface area contributed by atoms with Gasteiger partial charge in [-0.15, -0.1) is 5.10 Å². The van der Waals surface area contributed by atoms with E-state index in [0.717, 1.165) is 12.7 Å². The summed E-state index contributed by atoms with van der Waals surface area (Å²) < 4.78 is 23.8. The van der Waals surface area contributed by atoms with E-state index in [1.54, 1.807) is 0 Å². The molecule has 0 spiro atoms. The first-order valence-electron chi connectivity index (χ1n) is 6.31. The maximum absolute atomic E-state index is 11.9. The smallest absolute Gasteiger partial charge is 0.305 e. The van der Waals surface area contributed by atoms with Crippen molar-refractivity contribution < 1.29 is 18.3 Å². The second-order valence-corrected chi connectivity index (χ2v) is 7.83. The zero-order chi connectivity index (χ0) is 15.6. The van der Waals surface area contributed by atoms with Gasteiger partial charge in [0.2, 0.25) is 0 Å². The van der Waals surface area contributed by atoms with Crippen LogP contribution in [0.25, 0.3) is 0 Å². The third-order valence-corrected chi connectivity index (χ3v) is 5.37. The Labute approximate surface area is 118 Å². The van der Waals surface area contributed by atoms with Crippen LogP contribution in [0.15, 0.2) is 0 Å². The molecule has 20 heavy (non-hydrogen) atoms. The second kappa shape index (κ2) is 5.86. The molecule has 0 aromatic carbocycles. The van der Waals surface area contributed by atoms with Crippen LogP contribution < -0.4 is 0 Å². The van der Waals surface area contributed by atoms with Gasteiger partial charge in [-0.3, -0.25) is 4.79 Å². The van der Waals surface area contributed by atoms with Gasteiger partial charge in [0.05, 0.1) is 12.5 Å². The van der Waals surface area contributed by atoms with Gasteiger partial charge in [-0.25, -0.2) is 13.1 Å². The molecule has 0 fully saturated rings. The Bertz CT molecular complexity index is 579. The topological polar surface area (TPSA) is 115 Å². The molecular formula is C11H20N4O4S. The fourth-order valence-electron chi connectivity index (χ4n) is 1.85. The molecule has 0 saturated carbocycles. The summed E-state index contributed by atoms with van der Waals surface area (Å²) in [6.07, 6.45) is 2.27. The van der Waals surface area contributed by atoms with Crippen LogP contribution in [0.4, 0.5) is 0 Å². The number of tetrazole rings is 1. The van der Waals surface area contributed by atoms with Crippen LogP contribution in [-0.4, -0.2) is 46.0 Å². The molecule has 1 heterocycles. The zero-order valence-corrected chi connectivity index (χ0v) is 12.9. The monoisotopic (exact) mass is 304 g/mol. The molecule has 1 N–H and O–H groups in total. The number of hydrogen-bond acceptors (Lipinski definition) is 6. The average molecular weight is 304 g/mol. The van der Waals surface area contributed by atoms with E-state index < -0.39 is 26.6 Å². The molecule has 0 radical (unpaired) electrons. The summed E-state index contributed by atoms with van der Waals surface area (Å²) in [6.45, 7) is 4.93. The van der Waals surface area contributed by atoms with E-state index in [1.807, 2.05) is 6.92 Å². The largest absolute Gasteiger partial charge is 0.481 e. The number of rotatable bonds is 7. The van der Waals surface area contributed by atoms with Crippen molar-refractivity contribution in [1.82, 2.24) is 20.2 Å². The van der Waals surface area contributed by atoms with Gasteiger partial charge in [0.25, 0.3) is 0 Å². The molecule has 8 nitrogen and oxygen atoms in total. The van der Waals surface area contributed by atoms with Crippen molar-refractivity contribution in [3.63, 3.8) is 0 Å². The lowest BCUT2D eigenvalue weighted by Crippen LogP contribution is -2.33. The van der Waals surface area contributed by atoms with E-state index in [2.05, 4.69) is 15.5 Å².